The first-order valence-corrected chi connectivity index (χ1v) is 9.75. The van der Waals surface area contributed by atoms with Crippen LogP contribution < -0.4 is 15.0 Å². The van der Waals surface area contributed by atoms with Gasteiger partial charge in [0, 0.05) is 37.2 Å². The number of rotatable bonds is 6. The predicted molar refractivity (Wildman–Crippen MR) is 111 cm³/mol. The molecule has 3 heterocycles. The highest BCUT2D eigenvalue weighted by Crippen LogP contribution is 2.20. The second kappa shape index (κ2) is 8.91. The molecule has 0 spiro atoms. The van der Waals surface area contributed by atoms with Gasteiger partial charge >= 0.3 is 0 Å². The molecule has 9 nitrogen and oxygen atoms in total. The Morgan fingerprint density at radius 1 is 1.33 bits per heavy atom. The van der Waals surface area contributed by atoms with E-state index in [4.69, 9.17) is 9.47 Å². The fourth-order valence-corrected chi connectivity index (χ4v) is 3.27. The summed E-state index contributed by atoms with van der Waals surface area (Å²) < 4.78 is 10.9. The number of nitrogens with zero attached hydrogens (tertiary/aromatic N) is 4. The third kappa shape index (κ3) is 4.57. The van der Waals surface area contributed by atoms with Crippen molar-refractivity contribution in [2.24, 2.45) is 0 Å². The van der Waals surface area contributed by atoms with E-state index in [1.54, 1.807) is 19.5 Å². The van der Waals surface area contributed by atoms with Gasteiger partial charge < -0.3 is 24.7 Å². The van der Waals surface area contributed by atoms with Gasteiger partial charge in [0.2, 0.25) is 0 Å². The number of H-pyrrole nitrogens is 1. The Balaban J connectivity index is 1.41. The van der Waals surface area contributed by atoms with E-state index in [9.17, 15) is 4.79 Å². The SMILES string of the molecule is COc1ccc(CNC(=O)C2CN(c3cc(C)nc(-c4ncc[nH]4)n3)CCO2)cc1. The number of aryl methyl sites for hydroxylation is 1. The minimum Gasteiger partial charge on any atom is -0.497 e. The molecule has 1 aliphatic heterocycles. The van der Waals surface area contributed by atoms with Crippen LogP contribution in [0.15, 0.2) is 42.7 Å². The van der Waals surface area contributed by atoms with Crippen molar-refractivity contribution in [2.45, 2.75) is 19.6 Å². The quantitative estimate of drug-likeness (QED) is 0.640. The summed E-state index contributed by atoms with van der Waals surface area (Å²) in [6.07, 6.45) is 2.83. The van der Waals surface area contributed by atoms with Gasteiger partial charge in [0.1, 0.15) is 11.6 Å². The van der Waals surface area contributed by atoms with Gasteiger partial charge in [-0.2, -0.15) is 0 Å². The van der Waals surface area contributed by atoms with Crippen LogP contribution in [0, 0.1) is 6.92 Å². The number of aromatic nitrogens is 4. The van der Waals surface area contributed by atoms with E-state index in [1.807, 2.05) is 42.2 Å². The summed E-state index contributed by atoms with van der Waals surface area (Å²) in [4.78, 5) is 31.0. The van der Waals surface area contributed by atoms with Crippen molar-refractivity contribution in [3.05, 3.63) is 54.0 Å². The molecule has 2 N–H and O–H groups in total. The number of carbonyl (C=O) groups excluding carboxylic acids is 1. The Hall–Kier alpha value is -3.46. The van der Waals surface area contributed by atoms with Crippen LogP contribution in [0.5, 0.6) is 5.75 Å². The molecular formula is C21H24N6O3. The number of imidazole rings is 1. The molecule has 1 fully saturated rings. The van der Waals surface area contributed by atoms with E-state index in [0.29, 0.717) is 37.9 Å². The summed E-state index contributed by atoms with van der Waals surface area (Å²) in [6.45, 7) is 3.85. The molecule has 1 atom stereocenters. The van der Waals surface area contributed by atoms with Gasteiger partial charge in [0.25, 0.3) is 5.91 Å². The standard InChI is InChI=1S/C21H24N6O3/c1-14-11-18(26-20(25-14)19-22-7-8-23-19)27-9-10-30-17(13-27)21(28)24-12-15-3-5-16(29-2)6-4-15/h3-8,11,17H,9-10,12-13H2,1-2H3,(H,22,23)(H,24,28). The van der Waals surface area contributed by atoms with Crippen LogP contribution in [0.4, 0.5) is 5.82 Å². The maximum atomic E-state index is 12.7. The predicted octanol–water partition coefficient (Wildman–Crippen LogP) is 1.71. The fourth-order valence-electron chi connectivity index (χ4n) is 3.27. The first kappa shape index (κ1) is 19.8. The van der Waals surface area contributed by atoms with Gasteiger partial charge in [-0.25, -0.2) is 15.0 Å². The van der Waals surface area contributed by atoms with E-state index < -0.39 is 6.10 Å². The molecule has 0 bridgehead atoms. The average molecular weight is 408 g/mol. The maximum Gasteiger partial charge on any atom is 0.251 e. The van der Waals surface area contributed by atoms with Crippen molar-refractivity contribution in [3.63, 3.8) is 0 Å². The van der Waals surface area contributed by atoms with Crippen molar-refractivity contribution in [1.82, 2.24) is 25.3 Å². The lowest BCUT2D eigenvalue weighted by Crippen LogP contribution is -2.50. The summed E-state index contributed by atoms with van der Waals surface area (Å²) in [5, 5.41) is 2.94. The zero-order valence-electron chi connectivity index (χ0n) is 17.0. The number of methoxy groups -OCH3 is 1. The summed E-state index contributed by atoms with van der Waals surface area (Å²) in [6, 6.07) is 9.49. The van der Waals surface area contributed by atoms with Gasteiger partial charge in [0.05, 0.1) is 20.3 Å². The van der Waals surface area contributed by atoms with Crippen LogP contribution in [-0.2, 0) is 16.1 Å². The van der Waals surface area contributed by atoms with Crippen LogP contribution in [0.2, 0.25) is 0 Å². The second-order valence-corrected chi connectivity index (χ2v) is 7.00. The normalized spacial score (nSPS) is 16.3. The molecular weight excluding hydrogens is 384 g/mol. The molecule has 1 unspecified atom stereocenters. The highest BCUT2D eigenvalue weighted by atomic mass is 16.5. The zero-order valence-corrected chi connectivity index (χ0v) is 17.0. The van der Waals surface area contributed by atoms with Gasteiger partial charge in [-0.15, -0.1) is 0 Å². The number of morpholine rings is 1. The molecule has 1 aromatic carbocycles. The summed E-state index contributed by atoms with van der Waals surface area (Å²) in [7, 11) is 1.62. The topological polar surface area (TPSA) is 105 Å². The highest BCUT2D eigenvalue weighted by Gasteiger charge is 2.28. The van der Waals surface area contributed by atoms with Crippen molar-refractivity contribution in [1.29, 1.82) is 0 Å². The molecule has 3 aromatic rings. The van der Waals surface area contributed by atoms with E-state index in [1.165, 1.54) is 0 Å². The van der Waals surface area contributed by atoms with Crippen LogP contribution in [0.3, 0.4) is 0 Å². The van der Waals surface area contributed by atoms with Crippen LogP contribution in [-0.4, -0.2) is 58.8 Å². The zero-order chi connectivity index (χ0) is 20.9. The molecule has 0 radical (unpaired) electrons. The van der Waals surface area contributed by atoms with E-state index in [2.05, 4.69) is 25.3 Å². The molecule has 156 valence electrons. The van der Waals surface area contributed by atoms with E-state index in [0.717, 1.165) is 22.8 Å². The lowest BCUT2D eigenvalue weighted by Gasteiger charge is -2.33. The molecule has 1 saturated heterocycles. The molecule has 2 aromatic heterocycles. The van der Waals surface area contributed by atoms with Gasteiger partial charge in [-0.05, 0) is 24.6 Å². The Bertz CT molecular complexity index is 990. The maximum absolute atomic E-state index is 12.7. The smallest absolute Gasteiger partial charge is 0.251 e. The number of hydrogen-bond donors (Lipinski definition) is 2. The van der Waals surface area contributed by atoms with Crippen molar-refractivity contribution >= 4 is 11.7 Å². The second-order valence-electron chi connectivity index (χ2n) is 7.00. The van der Waals surface area contributed by atoms with Crippen LogP contribution >= 0.6 is 0 Å². The van der Waals surface area contributed by atoms with Crippen molar-refractivity contribution in [3.8, 4) is 17.4 Å². The monoisotopic (exact) mass is 408 g/mol. The third-order valence-electron chi connectivity index (χ3n) is 4.86. The Morgan fingerprint density at radius 2 is 2.17 bits per heavy atom. The third-order valence-corrected chi connectivity index (χ3v) is 4.86. The number of ether oxygens (including phenoxy) is 2. The summed E-state index contributed by atoms with van der Waals surface area (Å²) in [5.74, 6) is 2.53. The van der Waals surface area contributed by atoms with Gasteiger partial charge in [0.15, 0.2) is 17.8 Å². The lowest BCUT2D eigenvalue weighted by atomic mass is 10.2. The Labute approximate surface area is 174 Å². The Kier molecular flexibility index (Phi) is 5.89. The molecule has 9 heteroatoms. The number of anilines is 1. The molecule has 0 saturated carbocycles. The number of nitrogens with one attached hydrogen (secondary N) is 2. The number of aromatic amines is 1. The average Bonchev–Trinajstić information content (AvgIpc) is 3.32. The van der Waals surface area contributed by atoms with Crippen molar-refractivity contribution < 1.29 is 14.3 Å². The van der Waals surface area contributed by atoms with Crippen LogP contribution in [0.1, 0.15) is 11.3 Å². The minimum atomic E-state index is -0.570. The Morgan fingerprint density at radius 3 is 2.90 bits per heavy atom. The molecule has 1 aliphatic rings. The number of carbonyl (C=O) groups is 1. The molecule has 1 amide bonds. The van der Waals surface area contributed by atoms with Gasteiger partial charge in [-0.3, -0.25) is 4.79 Å². The van der Waals surface area contributed by atoms with E-state index in [-0.39, 0.29) is 5.91 Å². The number of amides is 1. The summed E-state index contributed by atoms with van der Waals surface area (Å²) in [5.41, 5.74) is 1.82. The number of hydrogen-bond acceptors (Lipinski definition) is 7. The van der Waals surface area contributed by atoms with E-state index >= 15 is 0 Å². The lowest BCUT2D eigenvalue weighted by molar-refractivity contribution is -0.133. The summed E-state index contributed by atoms with van der Waals surface area (Å²) >= 11 is 0. The first-order valence-electron chi connectivity index (χ1n) is 9.75. The van der Waals surface area contributed by atoms with Gasteiger partial charge in [-0.1, -0.05) is 12.1 Å². The largest absolute Gasteiger partial charge is 0.497 e. The molecule has 30 heavy (non-hydrogen) atoms. The fraction of sp³-hybridized carbons (Fsp3) is 0.333. The number of benzene rings is 1. The first-order chi connectivity index (χ1) is 14.6. The molecule has 4 rings (SSSR count). The van der Waals surface area contributed by atoms with Crippen LogP contribution in [0.25, 0.3) is 11.6 Å². The highest BCUT2D eigenvalue weighted by molar-refractivity contribution is 5.81. The minimum absolute atomic E-state index is 0.146. The molecule has 0 aliphatic carbocycles. The van der Waals surface area contributed by atoms with Crippen molar-refractivity contribution in [2.75, 3.05) is 31.7 Å².